The minimum atomic E-state index is 0.597. The van der Waals surface area contributed by atoms with Crippen LogP contribution in [0.2, 0.25) is 10.0 Å². The van der Waals surface area contributed by atoms with Crippen LogP contribution in [0, 0.1) is 5.92 Å². The van der Waals surface area contributed by atoms with Crippen molar-refractivity contribution < 1.29 is 4.74 Å². The van der Waals surface area contributed by atoms with Crippen molar-refractivity contribution in [3.8, 4) is 0 Å². The first kappa shape index (κ1) is 15.8. The Kier molecular flexibility index (Phi) is 7.68. The average Bonchev–Trinajstić information content (AvgIpc) is 2.32. The zero-order valence-electron chi connectivity index (χ0n) is 11.0. The summed E-state index contributed by atoms with van der Waals surface area (Å²) < 4.78 is 5.55. The van der Waals surface area contributed by atoms with Crippen LogP contribution in [0.4, 0.5) is 0 Å². The molecule has 1 N–H and O–H groups in total. The van der Waals surface area contributed by atoms with Gasteiger partial charge in [-0.15, -0.1) is 0 Å². The van der Waals surface area contributed by atoms with Gasteiger partial charge in [0.05, 0.1) is 23.3 Å². The van der Waals surface area contributed by atoms with E-state index in [-0.39, 0.29) is 0 Å². The second-order valence-corrected chi connectivity index (χ2v) is 5.52. The van der Waals surface area contributed by atoms with Gasteiger partial charge in [0.25, 0.3) is 0 Å². The summed E-state index contributed by atoms with van der Waals surface area (Å²) in [6.07, 6.45) is 0.862. The fourth-order valence-corrected chi connectivity index (χ4v) is 1.84. The molecule has 0 atom stereocenters. The van der Waals surface area contributed by atoms with Gasteiger partial charge in [-0.3, -0.25) is 0 Å². The first-order valence-corrected chi connectivity index (χ1v) is 7.07. The summed E-state index contributed by atoms with van der Waals surface area (Å²) in [5.41, 5.74) is 1.15. The molecular formula is C14H21Cl2NO. The molecule has 0 unspecified atom stereocenters. The molecule has 0 heterocycles. The highest BCUT2D eigenvalue weighted by Gasteiger charge is 1.99. The largest absolute Gasteiger partial charge is 0.380 e. The van der Waals surface area contributed by atoms with Gasteiger partial charge in [-0.2, -0.15) is 0 Å². The maximum absolute atomic E-state index is 5.94. The molecule has 2 nitrogen and oxygen atoms in total. The summed E-state index contributed by atoms with van der Waals surface area (Å²) in [6, 6.07) is 5.70. The van der Waals surface area contributed by atoms with Crippen LogP contribution < -0.4 is 5.32 Å². The van der Waals surface area contributed by atoms with E-state index in [0.29, 0.717) is 22.6 Å². The number of hydrogen-bond donors (Lipinski definition) is 1. The molecule has 0 fully saturated rings. The van der Waals surface area contributed by atoms with E-state index in [1.807, 2.05) is 18.2 Å². The maximum atomic E-state index is 5.94. The van der Waals surface area contributed by atoms with Gasteiger partial charge >= 0.3 is 0 Å². The second-order valence-electron chi connectivity index (χ2n) is 4.71. The van der Waals surface area contributed by atoms with E-state index >= 15 is 0 Å². The molecule has 0 saturated carbocycles. The minimum Gasteiger partial charge on any atom is -0.380 e. The van der Waals surface area contributed by atoms with Crippen LogP contribution in [0.15, 0.2) is 18.2 Å². The van der Waals surface area contributed by atoms with Crippen LogP contribution >= 0.6 is 23.2 Å². The van der Waals surface area contributed by atoms with E-state index in [2.05, 4.69) is 19.2 Å². The molecule has 0 aliphatic heterocycles. The lowest BCUT2D eigenvalue weighted by Crippen LogP contribution is -2.24. The SMILES string of the molecule is CC(C)CNCCOCCc1ccc(Cl)c(Cl)c1. The van der Waals surface area contributed by atoms with Crippen molar-refractivity contribution in [1.29, 1.82) is 0 Å². The van der Waals surface area contributed by atoms with Gasteiger partial charge < -0.3 is 10.1 Å². The lowest BCUT2D eigenvalue weighted by molar-refractivity contribution is 0.138. The summed E-state index contributed by atoms with van der Waals surface area (Å²) in [4.78, 5) is 0. The first-order valence-electron chi connectivity index (χ1n) is 6.32. The smallest absolute Gasteiger partial charge is 0.0595 e. The van der Waals surface area contributed by atoms with Crippen LogP contribution in [-0.4, -0.2) is 26.3 Å². The Morgan fingerprint density at radius 3 is 2.61 bits per heavy atom. The molecule has 0 radical (unpaired) electrons. The second kappa shape index (κ2) is 8.76. The van der Waals surface area contributed by atoms with Crippen LogP contribution in [0.3, 0.4) is 0 Å². The summed E-state index contributed by atoms with van der Waals surface area (Å²) in [6.45, 7) is 7.78. The summed E-state index contributed by atoms with van der Waals surface area (Å²) in [5.74, 6) is 0.682. The maximum Gasteiger partial charge on any atom is 0.0595 e. The van der Waals surface area contributed by atoms with E-state index in [1.54, 1.807) is 0 Å². The highest BCUT2D eigenvalue weighted by atomic mass is 35.5. The minimum absolute atomic E-state index is 0.597. The molecule has 1 aromatic rings. The van der Waals surface area contributed by atoms with Gasteiger partial charge in [-0.05, 0) is 36.6 Å². The van der Waals surface area contributed by atoms with Crippen molar-refractivity contribution in [3.63, 3.8) is 0 Å². The molecule has 0 amide bonds. The molecule has 1 aromatic carbocycles. The highest BCUT2D eigenvalue weighted by Crippen LogP contribution is 2.22. The molecular weight excluding hydrogens is 269 g/mol. The van der Waals surface area contributed by atoms with E-state index in [4.69, 9.17) is 27.9 Å². The van der Waals surface area contributed by atoms with Gasteiger partial charge in [0.15, 0.2) is 0 Å². The van der Waals surface area contributed by atoms with Gasteiger partial charge in [0.1, 0.15) is 0 Å². The van der Waals surface area contributed by atoms with Crippen LogP contribution in [0.25, 0.3) is 0 Å². The van der Waals surface area contributed by atoms with Crippen molar-refractivity contribution in [3.05, 3.63) is 33.8 Å². The van der Waals surface area contributed by atoms with Crippen molar-refractivity contribution in [1.82, 2.24) is 5.32 Å². The Balaban J connectivity index is 2.09. The Hall–Kier alpha value is -0.280. The topological polar surface area (TPSA) is 21.3 Å². The van der Waals surface area contributed by atoms with E-state index in [1.165, 1.54) is 0 Å². The molecule has 0 aliphatic carbocycles. The monoisotopic (exact) mass is 289 g/mol. The third-order valence-electron chi connectivity index (χ3n) is 2.49. The van der Waals surface area contributed by atoms with Crippen molar-refractivity contribution in [2.24, 2.45) is 5.92 Å². The summed E-state index contributed by atoms with van der Waals surface area (Å²) in [5, 5.41) is 4.54. The normalized spacial score (nSPS) is 11.2. The summed E-state index contributed by atoms with van der Waals surface area (Å²) >= 11 is 11.8. The molecule has 0 aromatic heterocycles. The third kappa shape index (κ3) is 6.60. The van der Waals surface area contributed by atoms with Crippen LogP contribution in [0.5, 0.6) is 0 Å². The van der Waals surface area contributed by atoms with Crippen molar-refractivity contribution in [2.75, 3.05) is 26.3 Å². The fourth-order valence-electron chi connectivity index (χ4n) is 1.52. The number of benzene rings is 1. The van der Waals surface area contributed by atoms with Gasteiger partial charge in [-0.25, -0.2) is 0 Å². The molecule has 0 spiro atoms. The molecule has 0 bridgehead atoms. The fraction of sp³-hybridized carbons (Fsp3) is 0.571. The van der Waals surface area contributed by atoms with Gasteiger partial charge in [0.2, 0.25) is 0 Å². The predicted octanol–water partition coefficient (Wildman–Crippen LogP) is 3.80. The lowest BCUT2D eigenvalue weighted by atomic mass is 10.2. The van der Waals surface area contributed by atoms with Gasteiger partial charge in [0, 0.05) is 6.54 Å². The zero-order valence-corrected chi connectivity index (χ0v) is 12.5. The zero-order chi connectivity index (χ0) is 13.4. The molecule has 0 aliphatic rings. The van der Waals surface area contributed by atoms with Crippen molar-refractivity contribution >= 4 is 23.2 Å². The molecule has 4 heteroatoms. The van der Waals surface area contributed by atoms with E-state index in [9.17, 15) is 0 Å². The Bertz CT molecular complexity index is 356. The highest BCUT2D eigenvalue weighted by molar-refractivity contribution is 6.42. The van der Waals surface area contributed by atoms with E-state index < -0.39 is 0 Å². The number of halogens is 2. The van der Waals surface area contributed by atoms with Crippen LogP contribution in [0.1, 0.15) is 19.4 Å². The molecule has 18 heavy (non-hydrogen) atoms. The van der Waals surface area contributed by atoms with E-state index in [0.717, 1.165) is 31.7 Å². The van der Waals surface area contributed by atoms with Crippen molar-refractivity contribution in [2.45, 2.75) is 20.3 Å². The number of rotatable bonds is 8. The number of nitrogens with one attached hydrogen (secondary N) is 1. The Labute approximate surface area is 120 Å². The quantitative estimate of drug-likeness (QED) is 0.735. The van der Waals surface area contributed by atoms with Crippen LogP contribution in [-0.2, 0) is 11.2 Å². The number of hydrogen-bond acceptors (Lipinski definition) is 2. The summed E-state index contributed by atoms with van der Waals surface area (Å²) in [7, 11) is 0. The number of ether oxygens (including phenoxy) is 1. The Morgan fingerprint density at radius 1 is 1.17 bits per heavy atom. The average molecular weight is 290 g/mol. The molecule has 1 rings (SSSR count). The Morgan fingerprint density at radius 2 is 1.94 bits per heavy atom. The standard InChI is InChI=1S/C14H21Cl2NO/c1-11(2)10-17-6-8-18-7-5-12-3-4-13(15)14(16)9-12/h3-4,9,11,17H,5-8,10H2,1-2H3. The molecule has 0 saturated heterocycles. The predicted molar refractivity (Wildman–Crippen MR) is 78.7 cm³/mol. The lowest BCUT2D eigenvalue weighted by Gasteiger charge is -2.08. The molecule has 102 valence electrons. The first-order chi connectivity index (χ1) is 8.59. The third-order valence-corrected chi connectivity index (χ3v) is 3.23. The van der Waals surface area contributed by atoms with Gasteiger partial charge in [-0.1, -0.05) is 43.1 Å².